The average Bonchev–Trinajstić information content (AvgIpc) is 2.96. The van der Waals surface area contributed by atoms with E-state index in [1.54, 1.807) is 6.33 Å². The maximum Gasteiger partial charge on any atom is 0.165 e. The summed E-state index contributed by atoms with van der Waals surface area (Å²) >= 11 is 0. The number of sulfone groups is 1. The van der Waals surface area contributed by atoms with Crippen LogP contribution in [0.3, 0.4) is 0 Å². The molecule has 0 spiro atoms. The fourth-order valence-corrected chi connectivity index (χ4v) is 4.13. The van der Waals surface area contributed by atoms with E-state index in [9.17, 15) is 8.42 Å². The van der Waals surface area contributed by atoms with E-state index in [0.717, 1.165) is 17.1 Å². The molecule has 0 saturated carbocycles. The molecule has 1 unspecified atom stereocenters. The highest BCUT2D eigenvalue weighted by atomic mass is 32.2. The zero-order valence-corrected chi connectivity index (χ0v) is 12.0. The molecule has 1 saturated heterocycles. The van der Waals surface area contributed by atoms with Gasteiger partial charge in [-0.05, 0) is 18.6 Å². The van der Waals surface area contributed by atoms with Crippen molar-refractivity contribution in [1.82, 2.24) is 14.8 Å². The molecule has 1 aliphatic rings. The lowest BCUT2D eigenvalue weighted by Crippen LogP contribution is -2.21. The summed E-state index contributed by atoms with van der Waals surface area (Å²) < 4.78 is 24.9. The van der Waals surface area contributed by atoms with E-state index in [-0.39, 0.29) is 17.5 Å². The Morgan fingerprint density at radius 3 is 2.80 bits per heavy atom. The maximum absolute atomic E-state index is 11.5. The van der Waals surface area contributed by atoms with E-state index in [4.69, 9.17) is 0 Å². The predicted molar refractivity (Wildman–Crippen MR) is 77.1 cm³/mol. The number of aryl methyl sites for hydroxylation is 1. The summed E-state index contributed by atoms with van der Waals surface area (Å²) in [6, 6.07) is 7.71. The maximum atomic E-state index is 11.5. The van der Waals surface area contributed by atoms with E-state index in [2.05, 4.69) is 15.5 Å². The van der Waals surface area contributed by atoms with Crippen LogP contribution in [0.5, 0.6) is 0 Å². The second-order valence-corrected chi connectivity index (χ2v) is 7.28. The Morgan fingerprint density at radius 2 is 2.15 bits per heavy atom. The van der Waals surface area contributed by atoms with Gasteiger partial charge in [0.05, 0.1) is 11.5 Å². The number of hydrogen-bond acceptors (Lipinski definition) is 5. The number of para-hydroxylation sites is 1. The lowest BCUT2D eigenvalue weighted by atomic mass is 10.1. The number of aromatic nitrogens is 3. The third kappa shape index (κ3) is 2.53. The molecule has 3 rings (SSSR count). The SMILES string of the molecule is Cn1cnnc1-c1ccccc1NC1CCS(=O)(=O)C1. The van der Waals surface area contributed by atoms with Crippen molar-refractivity contribution in [2.75, 3.05) is 16.8 Å². The van der Waals surface area contributed by atoms with E-state index in [1.165, 1.54) is 0 Å². The molecule has 0 bridgehead atoms. The van der Waals surface area contributed by atoms with Gasteiger partial charge in [-0.1, -0.05) is 12.1 Å². The van der Waals surface area contributed by atoms with Gasteiger partial charge in [-0.25, -0.2) is 8.42 Å². The highest BCUT2D eigenvalue weighted by molar-refractivity contribution is 7.91. The van der Waals surface area contributed by atoms with Crippen LogP contribution in [-0.4, -0.2) is 40.7 Å². The summed E-state index contributed by atoms with van der Waals surface area (Å²) in [7, 11) is -1.00. The molecule has 1 aliphatic heterocycles. The molecule has 2 aromatic rings. The van der Waals surface area contributed by atoms with Gasteiger partial charge < -0.3 is 9.88 Å². The van der Waals surface area contributed by atoms with Crippen molar-refractivity contribution >= 4 is 15.5 Å². The van der Waals surface area contributed by atoms with Crippen LogP contribution in [0, 0.1) is 0 Å². The van der Waals surface area contributed by atoms with Gasteiger partial charge in [0.15, 0.2) is 15.7 Å². The van der Waals surface area contributed by atoms with Gasteiger partial charge in [-0.2, -0.15) is 0 Å². The van der Waals surface area contributed by atoms with Crippen molar-refractivity contribution in [2.45, 2.75) is 12.5 Å². The van der Waals surface area contributed by atoms with Gasteiger partial charge in [0.25, 0.3) is 0 Å². The largest absolute Gasteiger partial charge is 0.381 e. The van der Waals surface area contributed by atoms with Crippen molar-refractivity contribution in [2.24, 2.45) is 7.05 Å². The van der Waals surface area contributed by atoms with Gasteiger partial charge in [-0.3, -0.25) is 0 Å². The van der Waals surface area contributed by atoms with E-state index < -0.39 is 9.84 Å². The quantitative estimate of drug-likeness (QED) is 0.916. The molecule has 20 heavy (non-hydrogen) atoms. The van der Waals surface area contributed by atoms with Gasteiger partial charge in [0, 0.05) is 24.3 Å². The van der Waals surface area contributed by atoms with Crippen molar-refractivity contribution in [3.63, 3.8) is 0 Å². The minimum atomic E-state index is -2.89. The highest BCUT2D eigenvalue weighted by Gasteiger charge is 2.28. The summed E-state index contributed by atoms with van der Waals surface area (Å²) in [5.41, 5.74) is 1.82. The van der Waals surface area contributed by atoms with Crippen molar-refractivity contribution < 1.29 is 8.42 Å². The molecule has 6 nitrogen and oxygen atoms in total. The summed E-state index contributed by atoms with van der Waals surface area (Å²) in [6.07, 6.45) is 2.29. The van der Waals surface area contributed by atoms with Crippen LogP contribution >= 0.6 is 0 Å². The Kier molecular flexibility index (Phi) is 3.21. The fraction of sp³-hybridized carbons (Fsp3) is 0.385. The first-order valence-electron chi connectivity index (χ1n) is 6.45. The molecule has 1 aromatic heterocycles. The molecule has 1 aromatic carbocycles. The van der Waals surface area contributed by atoms with Crippen molar-refractivity contribution in [3.8, 4) is 11.4 Å². The van der Waals surface area contributed by atoms with E-state index in [1.807, 2.05) is 35.9 Å². The second kappa shape index (κ2) is 4.90. The summed E-state index contributed by atoms with van der Waals surface area (Å²) in [5, 5.41) is 11.3. The van der Waals surface area contributed by atoms with Crippen LogP contribution in [0.25, 0.3) is 11.4 Å². The van der Waals surface area contributed by atoms with Crippen LogP contribution in [0.1, 0.15) is 6.42 Å². The predicted octanol–water partition coefficient (Wildman–Crippen LogP) is 1.08. The summed E-state index contributed by atoms with van der Waals surface area (Å²) in [4.78, 5) is 0. The topological polar surface area (TPSA) is 76.9 Å². The van der Waals surface area contributed by atoms with Crippen LogP contribution in [0.2, 0.25) is 0 Å². The van der Waals surface area contributed by atoms with Crippen molar-refractivity contribution in [3.05, 3.63) is 30.6 Å². The Morgan fingerprint density at radius 1 is 1.35 bits per heavy atom. The molecule has 1 N–H and O–H groups in total. The summed E-state index contributed by atoms with van der Waals surface area (Å²) in [5.74, 6) is 1.21. The minimum Gasteiger partial charge on any atom is -0.381 e. The first kappa shape index (κ1) is 13.1. The molecular formula is C13H16N4O2S. The van der Waals surface area contributed by atoms with Gasteiger partial charge in [0.1, 0.15) is 6.33 Å². The molecule has 0 radical (unpaired) electrons. The summed E-state index contributed by atoms with van der Waals surface area (Å²) in [6.45, 7) is 0. The third-order valence-electron chi connectivity index (χ3n) is 3.47. The zero-order chi connectivity index (χ0) is 14.2. The Balaban J connectivity index is 1.90. The highest BCUT2D eigenvalue weighted by Crippen LogP contribution is 2.27. The molecule has 106 valence electrons. The molecule has 1 fully saturated rings. The number of hydrogen-bond donors (Lipinski definition) is 1. The Bertz CT molecular complexity index is 723. The lowest BCUT2D eigenvalue weighted by Gasteiger charge is -2.15. The van der Waals surface area contributed by atoms with Crippen LogP contribution < -0.4 is 5.32 Å². The smallest absolute Gasteiger partial charge is 0.165 e. The minimum absolute atomic E-state index is 0.0330. The number of anilines is 1. The average molecular weight is 292 g/mol. The van der Waals surface area contributed by atoms with Gasteiger partial charge in [-0.15, -0.1) is 10.2 Å². The molecule has 2 heterocycles. The number of benzene rings is 1. The molecule has 0 aliphatic carbocycles. The first-order chi connectivity index (χ1) is 9.55. The lowest BCUT2D eigenvalue weighted by molar-refractivity contribution is 0.602. The molecule has 1 atom stereocenters. The number of rotatable bonds is 3. The molecule has 7 heteroatoms. The first-order valence-corrected chi connectivity index (χ1v) is 8.28. The Hall–Kier alpha value is -1.89. The molecular weight excluding hydrogens is 276 g/mol. The van der Waals surface area contributed by atoms with E-state index in [0.29, 0.717) is 6.42 Å². The number of nitrogens with zero attached hydrogens (tertiary/aromatic N) is 3. The standard InChI is InChI=1S/C13H16N4O2S/c1-17-9-14-16-13(17)11-4-2-3-5-12(11)15-10-6-7-20(18,19)8-10/h2-5,9-10,15H,6-8H2,1H3. The van der Waals surface area contributed by atoms with Crippen LogP contribution in [0.4, 0.5) is 5.69 Å². The normalized spacial score (nSPS) is 20.9. The third-order valence-corrected chi connectivity index (χ3v) is 5.24. The monoisotopic (exact) mass is 292 g/mol. The van der Waals surface area contributed by atoms with Gasteiger partial charge in [0.2, 0.25) is 0 Å². The van der Waals surface area contributed by atoms with Crippen molar-refractivity contribution in [1.29, 1.82) is 0 Å². The van der Waals surface area contributed by atoms with E-state index >= 15 is 0 Å². The number of nitrogens with one attached hydrogen (secondary N) is 1. The van der Waals surface area contributed by atoms with Crippen LogP contribution in [-0.2, 0) is 16.9 Å². The van der Waals surface area contributed by atoms with Gasteiger partial charge >= 0.3 is 0 Å². The molecule has 0 amide bonds. The second-order valence-electron chi connectivity index (χ2n) is 5.06. The van der Waals surface area contributed by atoms with Crippen LogP contribution in [0.15, 0.2) is 30.6 Å². The fourth-order valence-electron chi connectivity index (χ4n) is 2.46. The zero-order valence-electron chi connectivity index (χ0n) is 11.2. The Labute approximate surface area is 117 Å².